The van der Waals surface area contributed by atoms with Gasteiger partial charge in [0.1, 0.15) is 0 Å². The number of aryl methyl sites for hydroxylation is 3. The predicted octanol–water partition coefficient (Wildman–Crippen LogP) is 9.27. The minimum Gasteiger partial charge on any atom is -0.366 e. The summed E-state index contributed by atoms with van der Waals surface area (Å²) in [6, 6.07) is 4.15. The second kappa shape index (κ2) is 14.8. The molecule has 0 bridgehead atoms. The third-order valence-corrected chi connectivity index (χ3v) is 7.69. The Balaban J connectivity index is 0.000000473. The third kappa shape index (κ3) is 7.68. The Morgan fingerprint density at radius 3 is 0.971 bits per heavy atom. The first-order valence-electron chi connectivity index (χ1n) is 12.3. The minimum absolute atomic E-state index is 0. The van der Waals surface area contributed by atoms with Gasteiger partial charge in [0.15, 0.2) is 0 Å². The Morgan fingerprint density at radius 2 is 0.794 bits per heavy atom. The molecule has 0 spiro atoms. The fourth-order valence-electron chi connectivity index (χ4n) is 5.03. The molecular weight excluding hydrogens is 447 g/mol. The van der Waals surface area contributed by atoms with Crippen LogP contribution in [0.25, 0.3) is 0 Å². The molecule has 0 saturated heterocycles. The predicted molar refractivity (Wildman–Crippen MR) is 145 cm³/mol. The molecule has 183 valence electrons. The van der Waals surface area contributed by atoms with Gasteiger partial charge in [-0.15, -0.1) is 16.7 Å². The molecule has 0 nitrogen and oxygen atoms in total. The van der Waals surface area contributed by atoms with Crippen LogP contribution in [-0.2, 0) is 18.6 Å². The van der Waals surface area contributed by atoms with Crippen LogP contribution < -0.4 is 0 Å². The van der Waals surface area contributed by atoms with E-state index in [-0.39, 0.29) is 18.6 Å². The smallest absolute Gasteiger partial charge is 0 e. The molecule has 34 heavy (non-hydrogen) atoms. The van der Waals surface area contributed by atoms with Crippen molar-refractivity contribution < 1.29 is 18.6 Å². The molecule has 1 aromatic rings. The largest absolute Gasteiger partial charge is 0.366 e. The van der Waals surface area contributed by atoms with Crippen LogP contribution in [0.1, 0.15) is 104 Å². The van der Waals surface area contributed by atoms with Gasteiger partial charge < -0.3 is 6.42 Å². The Hall–Kier alpha value is -0.636. The molecule has 0 unspecified atom stereocenters. The zero-order chi connectivity index (χ0) is 25.6. The molecule has 0 aliphatic heterocycles. The molecule has 2 saturated carbocycles. The monoisotopic (exact) mass is 492 g/mol. The van der Waals surface area contributed by atoms with Gasteiger partial charge in [0.2, 0.25) is 0 Å². The van der Waals surface area contributed by atoms with E-state index in [4.69, 9.17) is 6.42 Å². The average Bonchev–Trinajstić information content (AvgIpc) is 3.06. The van der Waals surface area contributed by atoms with E-state index in [0.29, 0.717) is 0 Å². The maximum atomic E-state index is 7.05. The van der Waals surface area contributed by atoms with Gasteiger partial charge in [-0.1, -0.05) is 101 Å². The quantitative estimate of drug-likeness (QED) is 0.285. The zero-order valence-electron chi connectivity index (χ0n) is 24.0. The summed E-state index contributed by atoms with van der Waals surface area (Å²) in [4.78, 5) is 0. The molecule has 2 aliphatic carbocycles. The van der Waals surface area contributed by atoms with Crippen molar-refractivity contribution in [3.8, 4) is 5.92 Å². The van der Waals surface area contributed by atoms with E-state index < -0.39 is 0 Å². The van der Waals surface area contributed by atoms with Crippen molar-refractivity contribution in [3.05, 3.63) is 100.0 Å². The van der Waals surface area contributed by atoms with Gasteiger partial charge in [-0.05, 0) is 78.9 Å². The molecule has 0 atom stereocenters. The fraction of sp³-hybridized carbons (Fsp3) is 0.455. The van der Waals surface area contributed by atoms with Crippen molar-refractivity contribution in [1.82, 2.24) is 0 Å². The van der Waals surface area contributed by atoms with Crippen LogP contribution in [0.15, 0.2) is 12.1 Å². The average molecular weight is 493 g/mol. The van der Waals surface area contributed by atoms with E-state index in [1.165, 1.54) is 65.7 Å². The first-order valence-corrected chi connectivity index (χ1v) is 12.3. The van der Waals surface area contributed by atoms with Crippen molar-refractivity contribution in [2.45, 2.75) is 103 Å². The Morgan fingerprint density at radius 1 is 0.529 bits per heavy atom. The summed E-state index contributed by atoms with van der Waals surface area (Å²) in [5, 5.41) is 0. The van der Waals surface area contributed by atoms with E-state index >= 15 is 0 Å². The van der Waals surface area contributed by atoms with Crippen molar-refractivity contribution in [2.24, 2.45) is 0 Å². The summed E-state index contributed by atoms with van der Waals surface area (Å²) >= 11 is 0. The summed E-state index contributed by atoms with van der Waals surface area (Å²) in [6.07, 6.45) is 9.39. The Bertz CT molecular complexity index is 688. The van der Waals surface area contributed by atoms with Gasteiger partial charge >= 0.3 is 0 Å². The van der Waals surface area contributed by atoms with Gasteiger partial charge in [0.25, 0.3) is 0 Å². The van der Waals surface area contributed by atoms with E-state index in [1.807, 2.05) is 13.8 Å². The Labute approximate surface area is 226 Å². The number of benzene rings is 1. The molecule has 1 aromatic carbocycles. The minimum atomic E-state index is 0. The standard InChI is InChI=1S/2C11H17.C11H11.V/c2*1-6-11-9(4)7(2)8(3)10(11)5;1-5-11-9(3)6-8(2)7-10(11)4;/h2*6H2,1-5H3;6-7H,2-4H3;/q;;-1;. The third-order valence-electron chi connectivity index (χ3n) is 7.69. The van der Waals surface area contributed by atoms with Crippen molar-refractivity contribution in [3.63, 3.8) is 0 Å². The SMILES string of the molecule is CC[C]1[C](C)[C](C)[C](C)[C]1C.CC[C]1[C](C)[C](C)[C](C)[C]1C.[C-]#Cc1c(C)cc(C)cc1C.[V]. The van der Waals surface area contributed by atoms with E-state index in [9.17, 15) is 0 Å². The second-order valence-electron chi connectivity index (χ2n) is 9.56. The molecule has 0 amide bonds. The molecule has 3 rings (SSSR count). The summed E-state index contributed by atoms with van der Waals surface area (Å²) in [5.74, 6) is 17.5. The van der Waals surface area contributed by atoms with Crippen LogP contribution in [-0.4, -0.2) is 0 Å². The van der Waals surface area contributed by atoms with E-state index in [0.717, 1.165) is 16.7 Å². The first-order chi connectivity index (χ1) is 15.3. The molecule has 0 aromatic heterocycles. The fourth-order valence-corrected chi connectivity index (χ4v) is 5.03. The Kier molecular flexibility index (Phi) is 14.5. The maximum absolute atomic E-state index is 7.05. The molecule has 2 fully saturated rings. The van der Waals surface area contributed by atoms with Crippen molar-refractivity contribution in [1.29, 1.82) is 0 Å². The molecule has 0 heterocycles. The van der Waals surface area contributed by atoms with Crippen LogP contribution in [0.5, 0.6) is 0 Å². The van der Waals surface area contributed by atoms with Crippen LogP contribution in [0.3, 0.4) is 0 Å². The maximum Gasteiger partial charge on any atom is 0 e. The summed E-state index contributed by atoms with van der Waals surface area (Å²) < 4.78 is 0. The van der Waals surface area contributed by atoms with Crippen LogP contribution in [0.4, 0.5) is 0 Å². The number of hydrogen-bond donors (Lipinski definition) is 0. The summed E-state index contributed by atoms with van der Waals surface area (Å²) in [6.45, 7) is 28.3. The van der Waals surface area contributed by atoms with E-state index in [1.54, 1.807) is 11.8 Å². The van der Waals surface area contributed by atoms with Gasteiger partial charge in [-0.3, -0.25) is 5.92 Å². The van der Waals surface area contributed by atoms with Gasteiger partial charge in [0.05, 0.1) is 0 Å². The van der Waals surface area contributed by atoms with Crippen LogP contribution in [0, 0.1) is 92.3 Å². The normalized spacial score (nSPS) is 20.5. The molecular formula is C33H45V-. The number of rotatable bonds is 2. The molecule has 1 heteroatoms. The topological polar surface area (TPSA) is 0 Å². The molecule has 11 radical (unpaired) electrons. The summed E-state index contributed by atoms with van der Waals surface area (Å²) in [7, 11) is 0. The number of hydrogen-bond acceptors (Lipinski definition) is 0. The van der Waals surface area contributed by atoms with Crippen molar-refractivity contribution >= 4 is 0 Å². The second-order valence-corrected chi connectivity index (χ2v) is 9.56. The van der Waals surface area contributed by atoms with Crippen LogP contribution in [0.2, 0.25) is 0 Å². The van der Waals surface area contributed by atoms with Crippen LogP contribution >= 0.6 is 0 Å². The zero-order valence-corrected chi connectivity index (χ0v) is 25.4. The van der Waals surface area contributed by atoms with Gasteiger partial charge in [-0.2, -0.15) is 0 Å². The first kappa shape index (κ1) is 33.4. The van der Waals surface area contributed by atoms with Gasteiger partial charge in [-0.25, -0.2) is 0 Å². The molecule has 2 aliphatic rings. The summed E-state index contributed by atoms with van der Waals surface area (Å²) in [5.41, 5.74) is 4.45. The van der Waals surface area contributed by atoms with E-state index in [2.05, 4.69) is 94.2 Å². The van der Waals surface area contributed by atoms with Gasteiger partial charge in [0, 0.05) is 18.6 Å². The van der Waals surface area contributed by atoms with Crippen molar-refractivity contribution in [2.75, 3.05) is 0 Å². The molecule has 0 N–H and O–H groups in total.